The van der Waals surface area contributed by atoms with Gasteiger partial charge < -0.3 is 20.7 Å². The van der Waals surface area contributed by atoms with Crippen molar-refractivity contribution in [3.8, 4) is 0 Å². The highest BCUT2D eigenvalue weighted by Gasteiger charge is 2.35. The Morgan fingerprint density at radius 1 is 1.13 bits per heavy atom. The topological polar surface area (TPSA) is 78.0 Å². The van der Waals surface area contributed by atoms with E-state index in [-0.39, 0.29) is 17.4 Å². The molecule has 0 aliphatic carbocycles. The number of carbonyl (C=O) groups is 1. The van der Waals surface area contributed by atoms with E-state index in [9.17, 15) is 4.79 Å². The monoisotopic (exact) mass is 423 g/mol. The molecule has 0 spiro atoms. The van der Waals surface area contributed by atoms with E-state index < -0.39 is 0 Å². The van der Waals surface area contributed by atoms with Crippen LogP contribution < -0.4 is 16.0 Å². The van der Waals surface area contributed by atoms with Gasteiger partial charge in [0.25, 0.3) is 0 Å². The highest BCUT2D eigenvalue weighted by Crippen LogP contribution is 2.34. The second kappa shape index (κ2) is 12.5. The maximum Gasteiger partial charge on any atom is 0.234 e. The molecule has 2 atom stereocenters. The van der Waals surface area contributed by atoms with Crippen molar-refractivity contribution in [3.05, 3.63) is 0 Å². The maximum atomic E-state index is 11.9. The highest BCUT2D eigenvalue weighted by molar-refractivity contribution is 5.80. The number of hydrogen-bond acceptors (Lipinski definition) is 4. The number of nitrogens with zero attached hydrogens (tertiary/aromatic N) is 2. The van der Waals surface area contributed by atoms with Gasteiger partial charge in [0.2, 0.25) is 5.91 Å². The lowest BCUT2D eigenvalue weighted by atomic mass is 9.78. The summed E-state index contributed by atoms with van der Waals surface area (Å²) in [5.74, 6) is 1.52. The Kier molecular flexibility index (Phi) is 10.4. The van der Waals surface area contributed by atoms with Crippen LogP contribution in [0.25, 0.3) is 0 Å². The Balaban J connectivity index is 1.83. The lowest BCUT2D eigenvalue weighted by Gasteiger charge is -2.39. The van der Waals surface area contributed by atoms with Crippen LogP contribution in [0.1, 0.15) is 66.7 Å². The first kappa shape index (κ1) is 24.9. The minimum Gasteiger partial charge on any atom is -0.377 e. The smallest absolute Gasteiger partial charge is 0.234 e. The van der Waals surface area contributed by atoms with Crippen LogP contribution in [0.5, 0.6) is 0 Å². The summed E-state index contributed by atoms with van der Waals surface area (Å²) in [5.41, 5.74) is 0.142. The second-order valence-electron chi connectivity index (χ2n) is 9.82. The second-order valence-corrected chi connectivity index (χ2v) is 9.82. The Hall–Kier alpha value is -1.34. The molecule has 0 radical (unpaired) electrons. The molecule has 0 aromatic rings. The molecule has 0 bridgehead atoms. The predicted molar refractivity (Wildman–Crippen MR) is 124 cm³/mol. The number of guanidine groups is 1. The number of rotatable bonds is 8. The molecule has 2 rings (SSSR count). The summed E-state index contributed by atoms with van der Waals surface area (Å²) < 4.78 is 6.12. The first-order valence-corrected chi connectivity index (χ1v) is 12.0. The summed E-state index contributed by atoms with van der Waals surface area (Å²) in [7, 11) is 0. The quantitative estimate of drug-likeness (QED) is 0.413. The number of nitrogens with one attached hydrogen (secondary N) is 3. The van der Waals surface area contributed by atoms with Crippen LogP contribution in [0, 0.1) is 11.3 Å². The molecule has 0 aromatic heterocycles. The Bertz CT molecular complexity index is 538. The molecular weight excluding hydrogens is 378 g/mol. The molecule has 2 unspecified atom stereocenters. The van der Waals surface area contributed by atoms with Gasteiger partial charge in [-0.05, 0) is 44.4 Å². The van der Waals surface area contributed by atoms with E-state index in [0.29, 0.717) is 18.5 Å². The molecule has 1 amide bonds. The molecule has 2 fully saturated rings. The van der Waals surface area contributed by atoms with Crippen molar-refractivity contribution in [2.75, 3.05) is 45.9 Å². The minimum atomic E-state index is 0.140. The molecule has 0 aromatic carbocycles. The van der Waals surface area contributed by atoms with Crippen molar-refractivity contribution < 1.29 is 9.53 Å². The van der Waals surface area contributed by atoms with Crippen LogP contribution in [0.4, 0.5) is 0 Å². The van der Waals surface area contributed by atoms with Crippen molar-refractivity contribution in [1.82, 2.24) is 20.9 Å². The molecule has 2 saturated heterocycles. The van der Waals surface area contributed by atoms with E-state index in [4.69, 9.17) is 9.73 Å². The lowest BCUT2D eigenvalue weighted by Crippen LogP contribution is -2.50. The third-order valence-electron chi connectivity index (χ3n) is 5.99. The first-order valence-electron chi connectivity index (χ1n) is 12.0. The van der Waals surface area contributed by atoms with Crippen molar-refractivity contribution in [3.63, 3.8) is 0 Å². The van der Waals surface area contributed by atoms with Gasteiger partial charge in [0.15, 0.2) is 5.96 Å². The van der Waals surface area contributed by atoms with Crippen LogP contribution in [0.3, 0.4) is 0 Å². The van der Waals surface area contributed by atoms with Gasteiger partial charge in [-0.25, -0.2) is 0 Å². The van der Waals surface area contributed by atoms with Gasteiger partial charge in [-0.2, -0.15) is 0 Å². The van der Waals surface area contributed by atoms with E-state index in [1.807, 2.05) is 0 Å². The Labute approximate surface area is 183 Å². The zero-order valence-corrected chi connectivity index (χ0v) is 19.9. The van der Waals surface area contributed by atoms with Gasteiger partial charge in [0.05, 0.1) is 12.6 Å². The van der Waals surface area contributed by atoms with Crippen LogP contribution in [0.15, 0.2) is 4.99 Å². The highest BCUT2D eigenvalue weighted by atomic mass is 16.5. The molecule has 2 aliphatic heterocycles. The van der Waals surface area contributed by atoms with Gasteiger partial charge in [-0.15, -0.1) is 0 Å². The lowest BCUT2D eigenvalue weighted by molar-refractivity contribution is -0.122. The number of ether oxygens (including phenoxy) is 1. The Morgan fingerprint density at radius 2 is 1.87 bits per heavy atom. The fourth-order valence-electron chi connectivity index (χ4n) is 4.47. The average molecular weight is 424 g/mol. The molecular formula is C23H45N5O2. The van der Waals surface area contributed by atoms with Gasteiger partial charge in [0.1, 0.15) is 0 Å². The zero-order valence-electron chi connectivity index (χ0n) is 19.9. The molecule has 2 heterocycles. The summed E-state index contributed by atoms with van der Waals surface area (Å²) in [4.78, 5) is 19.1. The number of piperidine rings is 1. The summed E-state index contributed by atoms with van der Waals surface area (Å²) in [6, 6.07) is 0.402. The van der Waals surface area contributed by atoms with Crippen molar-refractivity contribution >= 4 is 11.9 Å². The van der Waals surface area contributed by atoms with E-state index in [0.717, 1.165) is 71.0 Å². The standard InChI is InChI=1S/C23H45N5O2/c1-6-12-25-20(29)17-28-13-10-19(11-14-28)27-22(24-7-2)26-16-18-9-8-15-30-21(18)23(3,4)5/h18-19,21H,6-17H2,1-5H3,(H,25,29)(H2,24,26,27). The third kappa shape index (κ3) is 8.42. The summed E-state index contributed by atoms with van der Waals surface area (Å²) in [6.07, 6.45) is 5.61. The van der Waals surface area contributed by atoms with Crippen molar-refractivity contribution in [2.45, 2.75) is 78.9 Å². The van der Waals surface area contributed by atoms with Gasteiger partial charge >= 0.3 is 0 Å². The number of likely N-dealkylation sites (tertiary alicyclic amines) is 1. The largest absolute Gasteiger partial charge is 0.377 e. The first-order chi connectivity index (χ1) is 14.3. The van der Waals surface area contributed by atoms with Crippen molar-refractivity contribution in [1.29, 1.82) is 0 Å². The molecule has 2 aliphatic rings. The molecule has 0 saturated carbocycles. The van der Waals surface area contributed by atoms with E-state index in [1.165, 1.54) is 6.42 Å². The van der Waals surface area contributed by atoms with E-state index >= 15 is 0 Å². The number of aliphatic imine (C=N–C) groups is 1. The summed E-state index contributed by atoms with van der Waals surface area (Å²) >= 11 is 0. The van der Waals surface area contributed by atoms with Crippen molar-refractivity contribution in [2.24, 2.45) is 16.3 Å². The molecule has 7 nitrogen and oxygen atoms in total. The SMILES string of the molecule is CCCNC(=O)CN1CCC(NC(=NCC2CCCOC2C(C)(C)C)NCC)CC1. The fourth-order valence-corrected chi connectivity index (χ4v) is 4.47. The number of hydrogen-bond donors (Lipinski definition) is 3. The third-order valence-corrected chi connectivity index (χ3v) is 5.99. The molecule has 174 valence electrons. The molecule has 7 heteroatoms. The van der Waals surface area contributed by atoms with Gasteiger partial charge in [0, 0.05) is 51.3 Å². The average Bonchev–Trinajstić information content (AvgIpc) is 2.71. The van der Waals surface area contributed by atoms with E-state index in [2.05, 4.69) is 55.5 Å². The van der Waals surface area contributed by atoms with Crippen LogP contribution >= 0.6 is 0 Å². The van der Waals surface area contributed by atoms with Crippen LogP contribution in [-0.2, 0) is 9.53 Å². The maximum absolute atomic E-state index is 11.9. The minimum absolute atomic E-state index is 0.140. The van der Waals surface area contributed by atoms with Gasteiger partial charge in [-0.1, -0.05) is 27.7 Å². The predicted octanol–water partition coefficient (Wildman–Crippen LogP) is 2.37. The number of amides is 1. The van der Waals surface area contributed by atoms with Crippen LogP contribution in [0.2, 0.25) is 0 Å². The Morgan fingerprint density at radius 3 is 2.50 bits per heavy atom. The fraction of sp³-hybridized carbons (Fsp3) is 0.913. The molecule has 30 heavy (non-hydrogen) atoms. The van der Waals surface area contributed by atoms with Gasteiger partial charge in [-0.3, -0.25) is 14.7 Å². The zero-order chi connectivity index (χ0) is 22.0. The van der Waals surface area contributed by atoms with Crippen LogP contribution in [-0.4, -0.2) is 74.8 Å². The summed E-state index contributed by atoms with van der Waals surface area (Å²) in [6.45, 7) is 16.7. The number of carbonyl (C=O) groups excluding carboxylic acids is 1. The molecule has 3 N–H and O–H groups in total. The summed E-state index contributed by atoms with van der Waals surface area (Å²) in [5, 5.41) is 10.0. The normalized spacial score (nSPS) is 24.5. The van der Waals surface area contributed by atoms with E-state index in [1.54, 1.807) is 0 Å².